The third-order valence-corrected chi connectivity index (χ3v) is 2.13. The lowest BCUT2D eigenvalue weighted by molar-refractivity contribution is 0.444. The maximum Gasteiger partial charge on any atom is 0.273 e. The number of aromatic hydroxyl groups is 1. The van der Waals surface area contributed by atoms with E-state index in [2.05, 4.69) is 9.97 Å². The highest BCUT2D eigenvalue weighted by Gasteiger charge is 2.08. The summed E-state index contributed by atoms with van der Waals surface area (Å²) in [6.07, 6.45) is 1.19. The molecule has 82 valence electrons. The highest BCUT2D eigenvalue weighted by molar-refractivity contribution is 6.31. The maximum absolute atomic E-state index is 11.1. The minimum atomic E-state index is -0.480. The van der Waals surface area contributed by atoms with Crippen molar-refractivity contribution in [1.29, 1.82) is 0 Å². The van der Waals surface area contributed by atoms with Crippen molar-refractivity contribution in [2.24, 2.45) is 0 Å². The van der Waals surface area contributed by atoms with Crippen LogP contribution in [0.2, 0.25) is 5.02 Å². The molecule has 0 saturated heterocycles. The van der Waals surface area contributed by atoms with Crippen molar-refractivity contribution in [3.8, 4) is 17.4 Å². The second-order valence-corrected chi connectivity index (χ2v) is 3.33. The van der Waals surface area contributed by atoms with Gasteiger partial charge < -0.3 is 14.8 Å². The van der Waals surface area contributed by atoms with Crippen LogP contribution in [-0.2, 0) is 0 Å². The average molecular weight is 239 g/mol. The fourth-order valence-corrected chi connectivity index (χ4v) is 1.24. The minimum Gasteiger partial charge on any atom is -0.508 e. The van der Waals surface area contributed by atoms with Gasteiger partial charge in [-0.15, -0.1) is 0 Å². The lowest BCUT2D eigenvalue weighted by Gasteiger charge is -2.05. The molecule has 5 nitrogen and oxygen atoms in total. The van der Waals surface area contributed by atoms with Crippen LogP contribution in [0.3, 0.4) is 0 Å². The van der Waals surface area contributed by atoms with E-state index in [4.69, 9.17) is 16.3 Å². The Kier molecular flexibility index (Phi) is 2.78. The zero-order valence-electron chi connectivity index (χ0n) is 7.98. The lowest BCUT2D eigenvalue weighted by Crippen LogP contribution is -2.07. The highest BCUT2D eigenvalue weighted by atomic mass is 35.5. The molecule has 2 aromatic rings. The van der Waals surface area contributed by atoms with Gasteiger partial charge in [0.05, 0.1) is 6.33 Å². The molecule has 0 aliphatic heterocycles. The number of nitrogens with zero attached hydrogens (tertiary/aromatic N) is 1. The molecule has 0 unspecified atom stereocenters. The number of hydrogen-bond acceptors (Lipinski definition) is 4. The first-order chi connectivity index (χ1) is 7.66. The summed E-state index contributed by atoms with van der Waals surface area (Å²) in [7, 11) is 0. The molecule has 16 heavy (non-hydrogen) atoms. The van der Waals surface area contributed by atoms with Crippen molar-refractivity contribution in [2.45, 2.75) is 0 Å². The molecule has 0 aliphatic carbocycles. The fourth-order valence-electron chi connectivity index (χ4n) is 1.10. The van der Waals surface area contributed by atoms with Gasteiger partial charge in [-0.25, -0.2) is 4.98 Å². The van der Waals surface area contributed by atoms with Crippen LogP contribution < -0.4 is 10.3 Å². The van der Waals surface area contributed by atoms with Crippen LogP contribution in [0.1, 0.15) is 0 Å². The zero-order valence-corrected chi connectivity index (χ0v) is 8.73. The molecule has 0 aliphatic rings. The van der Waals surface area contributed by atoms with Crippen LogP contribution in [-0.4, -0.2) is 15.1 Å². The number of nitrogens with one attached hydrogen (secondary N) is 1. The van der Waals surface area contributed by atoms with Gasteiger partial charge in [-0.3, -0.25) is 4.79 Å². The van der Waals surface area contributed by atoms with E-state index in [9.17, 15) is 9.90 Å². The van der Waals surface area contributed by atoms with Gasteiger partial charge in [0.25, 0.3) is 5.56 Å². The summed E-state index contributed by atoms with van der Waals surface area (Å²) in [5, 5.41) is 9.08. The molecule has 6 heteroatoms. The Morgan fingerprint density at radius 2 is 2.25 bits per heavy atom. The minimum absolute atomic E-state index is 0.00369. The van der Waals surface area contributed by atoms with Gasteiger partial charge in [0.2, 0.25) is 5.88 Å². The van der Waals surface area contributed by atoms with Crippen molar-refractivity contribution in [1.82, 2.24) is 9.97 Å². The van der Waals surface area contributed by atoms with Crippen molar-refractivity contribution in [2.75, 3.05) is 0 Å². The van der Waals surface area contributed by atoms with E-state index in [0.717, 1.165) is 0 Å². The van der Waals surface area contributed by atoms with Crippen molar-refractivity contribution in [3.63, 3.8) is 0 Å². The summed E-state index contributed by atoms with van der Waals surface area (Å²) < 4.78 is 5.25. The Labute approximate surface area is 95.3 Å². The van der Waals surface area contributed by atoms with Crippen LogP contribution >= 0.6 is 11.6 Å². The topological polar surface area (TPSA) is 75.2 Å². The smallest absolute Gasteiger partial charge is 0.273 e. The summed E-state index contributed by atoms with van der Waals surface area (Å²) in [4.78, 5) is 17.2. The largest absolute Gasteiger partial charge is 0.508 e. The second kappa shape index (κ2) is 4.24. The standard InChI is InChI=1S/C10H7ClN2O3/c11-8-9(15)12-5-13-10(8)16-7-3-1-2-6(14)4-7/h1-5,14H,(H,12,13,15). The number of halogens is 1. The number of H-pyrrole nitrogens is 1. The molecule has 1 aromatic heterocycles. The third kappa shape index (κ3) is 2.14. The molecule has 0 fully saturated rings. The third-order valence-electron chi connectivity index (χ3n) is 1.80. The molecule has 2 rings (SSSR count). The fraction of sp³-hybridized carbons (Fsp3) is 0. The molecule has 0 radical (unpaired) electrons. The Morgan fingerprint density at radius 3 is 3.00 bits per heavy atom. The van der Waals surface area contributed by atoms with Crippen LogP contribution in [0.5, 0.6) is 17.4 Å². The van der Waals surface area contributed by atoms with Gasteiger partial charge in [-0.05, 0) is 12.1 Å². The first-order valence-electron chi connectivity index (χ1n) is 4.37. The summed E-state index contributed by atoms with van der Waals surface area (Å²) in [6, 6.07) is 6.10. The first kappa shape index (κ1) is 10.5. The molecule has 1 heterocycles. The zero-order chi connectivity index (χ0) is 11.5. The number of phenols is 1. The molecular weight excluding hydrogens is 232 g/mol. The van der Waals surface area contributed by atoms with E-state index in [0.29, 0.717) is 5.75 Å². The molecular formula is C10H7ClN2O3. The number of aromatic amines is 1. The maximum atomic E-state index is 11.1. The number of ether oxygens (including phenoxy) is 1. The van der Waals surface area contributed by atoms with Crippen LogP contribution in [0.15, 0.2) is 35.4 Å². The van der Waals surface area contributed by atoms with Gasteiger partial charge in [0.15, 0.2) is 5.02 Å². The van der Waals surface area contributed by atoms with Crippen LogP contribution in [0.4, 0.5) is 0 Å². The molecule has 0 saturated carbocycles. The summed E-state index contributed by atoms with van der Waals surface area (Å²) >= 11 is 5.69. The summed E-state index contributed by atoms with van der Waals surface area (Å²) in [6.45, 7) is 0. The van der Waals surface area contributed by atoms with Gasteiger partial charge in [-0.1, -0.05) is 17.7 Å². The lowest BCUT2D eigenvalue weighted by atomic mass is 10.3. The molecule has 1 aromatic carbocycles. The van der Waals surface area contributed by atoms with E-state index in [-0.39, 0.29) is 16.7 Å². The van der Waals surface area contributed by atoms with Gasteiger partial charge in [0, 0.05) is 6.07 Å². The Morgan fingerprint density at radius 1 is 1.44 bits per heavy atom. The van der Waals surface area contributed by atoms with E-state index in [1.54, 1.807) is 12.1 Å². The molecule has 0 spiro atoms. The monoisotopic (exact) mass is 238 g/mol. The Bertz CT molecular complexity index is 568. The number of benzene rings is 1. The Hall–Kier alpha value is -2.01. The molecule has 2 N–H and O–H groups in total. The van der Waals surface area contributed by atoms with Crippen molar-refractivity contribution in [3.05, 3.63) is 46.0 Å². The molecule has 0 amide bonds. The predicted molar refractivity (Wildman–Crippen MR) is 58.0 cm³/mol. The molecule has 0 bridgehead atoms. The molecule has 0 atom stereocenters. The van der Waals surface area contributed by atoms with Gasteiger partial charge >= 0.3 is 0 Å². The number of hydrogen-bond donors (Lipinski definition) is 2. The highest BCUT2D eigenvalue weighted by Crippen LogP contribution is 2.25. The number of rotatable bonds is 2. The van der Waals surface area contributed by atoms with Crippen molar-refractivity contribution >= 4 is 11.6 Å². The normalized spacial score (nSPS) is 10.1. The predicted octanol–water partition coefficient (Wildman–Crippen LogP) is 1.92. The summed E-state index contributed by atoms with van der Waals surface area (Å²) in [5.41, 5.74) is -0.480. The van der Waals surface area contributed by atoms with E-state index in [1.165, 1.54) is 18.5 Å². The van der Waals surface area contributed by atoms with Gasteiger partial charge in [0.1, 0.15) is 11.5 Å². The van der Waals surface area contributed by atoms with Crippen molar-refractivity contribution < 1.29 is 9.84 Å². The number of phenolic OH excluding ortho intramolecular Hbond substituents is 1. The summed E-state index contributed by atoms with van der Waals surface area (Å²) in [5.74, 6) is 0.398. The first-order valence-corrected chi connectivity index (χ1v) is 4.74. The van der Waals surface area contributed by atoms with Gasteiger partial charge in [-0.2, -0.15) is 0 Å². The van der Waals surface area contributed by atoms with E-state index >= 15 is 0 Å². The number of aromatic nitrogens is 2. The van der Waals surface area contributed by atoms with Crippen LogP contribution in [0.25, 0.3) is 0 Å². The van der Waals surface area contributed by atoms with E-state index < -0.39 is 5.56 Å². The second-order valence-electron chi connectivity index (χ2n) is 2.95. The van der Waals surface area contributed by atoms with Crippen LogP contribution in [0, 0.1) is 0 Å². The SMILES string of the molecule is O=c1[nH]cnc(Oc2cccc(O)c2)c1Cl. The quantitative estimate of drug-likeness (QED) is 0.838. The average Bonchev–Trinajstić information content (AvgIpc) is 2.25. The Balaban J connectivity index is 2.34. The van der Waals surface area contributed by atoms with E-state index in [1.807, 2.05) is 0 Å².